The molecule has 0 bridgehead atoms. The second-order valence-corrected chi connectivity index (χ2v) is 6.55. The summed E-state index contributed by atoms with van der Waals surface area (Å²) < 4.78 is 19.5. The van der Waals surface area contributed by atoms with Crippen molar-refractivity contribution in [1.29, 1.82) is 0 Å². The van der Waals surface area contributed by atoms with E-state index < -0.39 is 29.0 Å². The number of carbonyl (C=O) groups excluding carboxylic acids is 1. The van der Waals surface area contributed by atoms with Crippen molar-refractivity contribution < 1.29 is 24.1 Å². The first kappa shape index (κ1) is 16.3. The van der Waals surface area contributed by atoms with Crippen molar-refractivity contribution in [1.82, 2.24) is 9.88 Å². The van der Waals surface area contributed by atoms with Crippen LogP contribution >= 0.6 is 0 Å². The number of aliphatic hydroxyl groups is 2. The van der Waals surface area contributed by atoms with Gasteiger partial charge in [-0.3, -0.25) is 4.79 Å². The zero-order valence-corrected chi connectivity index (χ0v) is 13.0. The van der Waals surface area contributed by atoms with E-state index in [4.69, 9.17) is 4.74 Å². The standard InChI is InChI=1S/C16H21FN2O4/c1-15(22)6-10-23-16(14(15)21)4-8-19(9-5-16)13(20)12-11(17)3-2-7-18-12/h2-3,7,14,21-22H,4-6,8-10H2,1H3/t14-,15+/m0/s1. The summed E-state index contributed by atoms with van der Waals surface area (Å²) in [5.41, 5.74) is -2.24. The van der Waals surface area contributed by atoms with Gasteiger partial charge >= 0.3 is 0 Å². The van der Waals surface area contributed by atoms with Crippen molar-refractivity contribution >= 4 is 5.91 Å². The smallest absolute Gasteiger partial charge is 0.275 e. The van der Waals surface area contributed by atoms with Gasteiger partial charge < -0.3 is 19.8 Å². The number of piperidine rings is 1. The summed E-state index contributed by atoms with van der Waals surface area (Å²) in [7, 11) is 0. The summed E-state index contributed by atoms with van der Waals surface area (Å²) in [4.78, 5) is 17.7. The minimum Gasteiger partial charge on any atom is -0.387 e. The predicted molar refractivity (Wildman–Crippen MR) is 79.3 cm³/mol. The molecule has 0 radical (unpaired) electrons. The first-order valence-corrected chi connectivity index (χ1v) is 7.80. The number of rotatable bonds is 1. The second kappa shape index (κ2) is 5.81. The number of ether oxygens (including phenoxy) is 1. The van der Waals surface area contributed by atoms with E-state index >= 15 is 0 Å². The number of hydrogen-bond acceptors (Lipinski definition) is 5. The normalized spacial score (nSPS) is 30.4. The molecule has 1 aromatic rings. The zero-order valence-electron chi connectivity index (χ0n) is 13.0. The van der Waals surface area contributed by atoms with Gasteiger partial charge in [0.15, 0.2) is 11.5 Å². The summed E-state index contributed by atoms with van der Waals surface area (Å²) in [6.45, 7) is 2.61. The molecule has 2 aliphatic rings. The number of amides is 1. The highest BCUT2D eigenvalue weighted by Gasteiger charge is 2.53. The van der Waals surface area contributed by atoms with Crippen LogP contribution in [0.1, 0.15) is 36.7 Å². The monoisotopic (exact) mass is 324 g/mol. The van der Waals surface area contributed by atoms with Crippen LogP contribution in [0.3, 0.4) is 0 Å². The molecule has 0 saturated carbocycles. The number of carbonyl (C=O) groups is 1. The van der Waals surface area contributed by atoms with Gasteiger partial charge in [0.05, 0.1) is 12.2 Å². The van der Waals surface area contributed by atoms with Crippen LogP contribution in [0.2, 0.25) is 0 Å². The van der Waals surface area contributed by atoms with Crippen LogP contribution < -0.4 is 0 Å². The van der Waals surface area contributed by atoms with Gasteiger partial charge in [0.2, 0.25) is 0 Å². The molecular formula is C16H21FN2O4. The molecule has 2 saturated heterocycles. The maximum atomic E-state index is 13.7. The molecule has 23 heavy (non-hydrogen) atoms. The Morgan fingerprint density at radius 2 is 2.13 bits per heavy atom. The molecule has 7 heteroatoms. The topological polar surface area (TPSA) is 82.9 Å². The van der Waals surface area contributed by atoms with E-state index in [-0.39, 0.29) is 5.69 Å². The summed E-state index contributed by atoms with van der Waals surface area (Å²) >= 11 is 0. The van der Waals surface area contributed by atoms with E-state index in [0.717, 1.165) is 0 Å². The lowest BCUT2D eigenvalue weighted by molar-refractivity contribution is -0.244. The van der Waals surface area contributed by atoms with E-state index in [1.54, 1.807) is 6.92 Å². The number of aliphatic hydroxyl groups excluding tert-OH is 1. The Labute approximate surface area is 133 Å². The third kappa shape index (κ3) is 2.84. The summed E-state index contributed by atoms with van der Waals surface area (Å²) in [6.07, 6.45) is 1.53. The van der Waals surface area contributed by atoms with Crippen molar-refractivity contribution in [2.45, 2.75) is 43.5 Å². The Balaban J connectivity index is 1.71. The van der Waals surface area contributed by atoms with Crippen molar-refractivity contribution in [3.05, 3.63) is 29.8 Å². The highest BCUT2D eigenvalue weighted by Crippen LogP contribution is 2.39. The molecule has 0 aromatic carbocycles. The van der Waals surface area contributed by atoms with Crippen LogP contribution in [0.25, 0.3) is 0 Å². The first-order valence-electron chi connectivity index (χ1n) is 7.80. The molecule has 126 valence electrons. The molecular weight excluding hydrogens is 303 g/mol. The highest BCUT2D eigenvalue weighted by molar-refractivity contribution is 5.92. The Hall–Kier alpha value is -1.57. The number of hydrogen-bond donors (Lipinski definition) is 2. The fraction of sp³-hybridized carbons (Fsp3) is 0.625. The summed E-state index contributed by atoms with van der Waals surface area (Å²) in [5, 5.41) is 20.7. The SMILES string of the molecule is C[C@@]1(O)CCOC2(CCN(C(=O)c3ncccc3F)CC2)[C@H]1O. The number of aromatic nitrogens is 1. The average molecular weight is 324 g/mol. The van der Waals surface area contributed by atoms with Gasteiger partial charge in [-0.2, -0.15) is 0 Å². The van der Waals surface area contributed by atoms with Gasteiger partial charge in [0.1, 0.15) is 11.7 Å². The largest absolute Gasteiger partial charge is 0.387 e. The van der Waals surface area contributed by atoms with Gasteiger partial charge in [-0.15, -0.1) is 0 Å². The molecule has 2 fully saturated rings. The van der Waals surface area contributed by atoms with Gasteiger partial charge in [0, 0.05) is 25.7 Å². The van der Waals surface area contributed by atoms with E-state index in [1.165, 1.54) is 23.2 Å². The van der Waals surface area contributed by atoms with Gasteiger partial charge in [0.25, 0.3) is 5.91 Å². The number of halogens is 1. The lowest BCUT2D eigenvalue weighted by Crippen LogP contribution is -2.64. The molecule has 3 heterocycles. The lowest BCUT2D eigenvalue weighted by Gasteiger charge is -2.51. The summed E-state index contributed by atoms with van der Waals surface area (Å²) in [6, 6.07) is 2.64. The lowest BCUT2D eigenvalue weighted by atomic mass is 9.75. The molecule has 0 unspecified atom stereocenters. The van der Waals surface area contributed by atoms with E-state index in [2.05, 4.69) is 4.98 Å². The first-order chi connectivity index (χ1) is 10.9. The molecule has 1 spiro atoms. The van der Waals surface area contributed by atoms with Crippen LogP contribution in [0.5, 0.6) is 0 Å². The fourth-order valence-electron chi connectivity index (χ4n) is 3.44. The van der Waals surface area contributed by atoms with Crippen LogP contribution in [0.4, 0.5) is 4.39 Å². The van der Waals surface area contributed by atoms with Crippen LogP contribution in [-0.2, 0) is 4.74 Å². The van der Waals surface area contributed by atoms with Gasteiger partial charge in [-0.1, -0.05) is 0 Å². The molecule has 3 rings (SSSR count). The minimum absolute atomic E-state index is 0.194. The van der Waals surface area contributed by atoms with Gasteiger partial charge in [-0.25, -0.2) is 9.37 Å². The highest BCUT2D eigenvalue weighted by atomic mass is 19.1. The fourth-order valence-corrected chi connectivity index (χ4v) is 3.44. The average Bonchev–Trinajstić information content (AvgIpc) is 2.53. The second-order valence-electron chi connectivity index (χ2n) is 6.55. The molecule has 2 N–H and O–H groups in total. The van der Waals surface area contributed by atoms with Crippen LogP contribution in [-0.4, -0.2) is 63.0 Å². The number of pyridine rings is 1. The Bertz CT molecular complexity index is 599. The van der Waals surface area contributed by atoms with Crippen LogP contribution in [0.15, 0.2) is 18.3 Å². The Morgan fingerprint density at radius 3 is 2.78 bits per heavy atom. The maximum absolute atomic E-state index is 13.7. The third-order valence-corrected chi connectivity index (χ3v) is 4.94. The van der Waals surface area contributed by atoms with Gasteiger partial charge in [-0.05, 0) is 31.9 Å². The number of nitrogens with zero attached hydrogens (tertiary/aromatic N) is 2. The van der Waals surface area contributed by atoms with E-state index in [0.29, 0.717) is 39.0 Å². The predicted octanol–water partition coefficient (Wildman–Crippen LogP) is 0.728. The molecule has 2 aliphatic heterocycles. The summed E-state index contributed by atoms with van der Waals surface area (Å²) in [5.74, 6) is -1.11. The molecule has 0 aliphatic carbocycles. The molecule has 1 aromatic heterocycles. The molecule has 2 atom stereocenters. The van der Waals surface area contributed by atoms with Crippen molar-refractivity contribution in [2.75, 3.05) is 19.7 Å². The third-order valence-electron chi connectivity index (χ3n) is 4.94. The Kier molecular flexibility index (Phi) is 4.12. The molecule has 6 nitrogen and oxygen atoms in total. The van der Waals surface area contributed by atoms with Crippen molar-refractivity contribution in [3.63, 3.8) is 0 Å². The van der Waals surface area contributed by atoms with E-state index in [9.17, 15) is 19.4 Å². The Morgan fingerprint density at radius 1 is 1.43 bits per heavy atom. The van der Waals surface area contributed by atoms with E-state index in [1.807, 2.05) is 0 Å². The van der Waals surface area contributed by atoms with Crippen molar-refractivity contribution in [3.8, 4) is 0 Å². The van der Waals surface area contributed by atoms with Crippen molar-refractivity contribution in [2.24, 2.45) is 0 Å². The number of likely N-dealkylation sites (tertiary alicyclic amines) is 1. The quantitative estimate of drug-likeness (QED) is 0.796. The van der Waals surface area contributed by atoms with Crippen LogP contribution in [0, 0.1) is 5.82 Å². The minimum atomic E-state index is -1.20. The molecule has 1 amide bonds. The maximum Gasteiger partial charge on any atom is 0.275 e. The zero-order chi connectivity index (χ0) is 16.7.